The highest BCUT2D eigenvalue weighted by Gasteiger charge is 2.02. The van der Waals surface area contributed by atoms with Gasteiger partial charge in [0.25, 0.3) is 0 Å². The van der Waals surface area contributed by atoms with Gasteiger partial charge in [-0.2, -0.15) is 0 Å². The lowest BCUT2D eigenvalue weighted by atomic mass is 10.3. The summed E-state index contributed by atoms with van der Waals surface area (Å²) in [5, 5.41) is 5.70. The third kappa shape index (κ3) is 5.63. The van der Waals surface area contributed by atoms with Crippen molar-refractivity contribution in [3.05, 3.63) is 30.1 Å². The molecule has 0 bridgehead atoms. The minimum Gasteiger partial charge on any atom is -0.382 e. The van der Waals surface area contributed by atoms with Crippen LogP contribution in [0.25, 0.3) is 0 Å². The molecule has 0 aliphatic rings. The van der Waals surface area contributed by atoms with E-state index in [1.807, 2.05) is 19.0 Å². The molecule has 0 heterocycles. The van der Waals surface area contributed by atoms with Crippen LogP contribution in [0, 0.1) is 5.82 Å². The Morgan fingerprint density at radius 2 is 2.00 bits per heavy atom. The number of para-hydroxylation sites is 1. The Morgan fingerprint density at radius 1 is 1.28 bits per heavy atom. The standard InChI is InChI=1S/C13H20FN3O/c1-17(2)10-9-16-13(18)7-8-15-12-6-4-3-5-11(12)14/h3-6,15H,7-10H2,1-2H3,(H,16,18). The number of rotatable bonds is 7. The topological polar surface area (TPSA) is 44.4 Å². The molecule has 1 rings (SSSR count). The molecule has 0 aromatic heterocycles. The lowest BCUT2D eigenvalue weighted by Crippen LogP contribution is -2.32. The van der Waals surface area contributed by atoms with Crippen LogP contribution >= 0.6 is 0 Å². The van der Waals surface area contributed by atoms with Gasteiger partial charge >= 0.3 is 0 Å². The van der Waals surface area contributed by atoms with Crippen molar-refractivity contribution < 1.29 is 9.18 Å². The number of likely N-dealkylation sites (N-methyl/N-ethyl adjacent to an activating group) is 1. The monoisotopic (exact) mass is 253 g/mol. The van der Waals surface area contributed by atoms with Crippen molar-refractivity contribution in [3.8, 4) is 0 Å². The van der Waals surface area contributed by atoms with Crippen LogP contribution in [0.1, 0.15) is 6.42 Å². The normalized spacial score (nSPS) is 10.4. The Balaban J connectivity index is 2.18. The van der Waals surface area contributed by atoms with Crippen LogP contribution in [0.3, 0.4) is 0 Å². The summed E-state index contributed by atoms with van der Waals surface area (Å²) in [4.78, 5) is 13.4. The number of nitrogens with zero attached hydrogens (tertiary/aromatic N) is 1. The lowest BCUT2D eigenvalue weighted by molar-refractivity contribution is -0.120. The maximum Gasteiger partial charge on any atom is 0.221 e. The molecule has 1 aromatic rings. The molecule has 4 nitrogen and oxygen atoms in total. The van der Waals surface area contributed by atoms with Gasteiger partial charge < -0.3 is 15.5 Å². The summed E-state index contributed by atoms with van der Waals surface area (Å²) in [5.74, 6) is -0.328. The van der Waals surface area contributed by atoms with E-state index in [0.717, 1.165) is 6.54 Å². The predicted octanol–water partition coefficient (Wildman–Crippen LogP) is 1.31. The zero-order valence-corrected chi connectivity index (χ0v) is 10.9. The second-order valence-corrected chi connectivity index (χ2v) is 4.31. The number of carbonyl (C=O) groups is 1. The van der Waals surface area contributed by atoms with Crippen molar-refractivity contribution in [1.29, 1.82) is 0 Å². The minimum absolute atomic E-state index is 0.0271. The van der Waals surface area contributed by atoms with E-state index in [0.29, 0.717) is 25.2 Å². The van der Waals surface area contributed by atoms with Gasteiger partial charge in [0.15, 0.2) is 0 Å². The number of carbonyl (C=O) groups excluding carboxylic acids is 1. The first-order chi connectivity index (χ1) is 8.59. The second-order valence-electron chi connectivity index (χ2n) is 4.31. The third-order valence-corrected chi connectivity index (χ3v) is 2.42. The largest absolute Gasteiger partial charge is 0.382 e. The molecule has 0 unspecified atom stereocenters. The van der Waals surface area contributed by atoms with E-state index in [2.05, 4.69) is 10.6 Å². The molecule has 1 amide bonds. The SMILES string of the molecule is CN(C)CCNC(=O)CCNc1ccccc1F. The summed E-state index contributed by atoms with van der Waals surface area (Å²) >= 11 is 0. The third-order valence-electron chi connectivity index (χ3n) is 2.42. The quantitative estimate of drug-likeness (QED) is 0.770. The van der Waals surface area contributed by atoms with E-state index < -0.39 is 0 Å². The smallest absolute Gasteiger partial charge is 0.221 e. The predicted molar refractivity (Wildman–Crippen MR) is 71.1 cm³/mol. The zero-order valence-electron chi connectivity index (χ0n) is 10.9. The number of anilines is 1. The summed E-state index contributed by atoms with van der Waals surface area (Å²) in [6, 6.07) is 6.43. The van der Waals surface area contributed by atoms with E-state index in [1.165, 1.54) is 6.07 Å². The molecule has 1 aromatic carbocycles. The summed E-state index contributed by atoms with van der Waals surface area (Å²) in [7, 11) is 3.90. The number of nitrogens with one attached hydrogen (secondary N) is 2. The van der Waals surface area contributed by atoms with Crippen LogP contribution in [-0.4, -0.2) is 44.5 Å². The first-order valence-corrected chi connectivity index (χ1v) is 5.99. The molecule has 0 fully saturated rings. The highest BCUT2D eigenvalue weighted by Crippen LogP contribution is 2.11. The van der Waals surface area contributed by atoms with Gasteiger partial charge in [-0.05, 0) is 26.2 Å². The Morgan fingerprint density at radius 3 is 2.67 bits per heavy atom. The van der Waals surface area contributed by atoms with E-state index in [1.54, 1.807) is 18.2 Å². The van der Waals surface area contributed by atoms with Crippen LogP contribution in [0.4, 0.5) is 10.1 Å². The van der Waals surface area contributed by atoms with Gasteiger partial charge in [-0.3, -0.25) is 4.79 Å². The van der Waals surface area contributed by atoms with Gasteiger partial charge in [0.1, 0.15) is 5.82 Å². The van der Waals surface area contributed by atoms with Crippen molar-refractivity contribution >= 4 is 11.6 Å². The highest BCUT2D eigenvalue weighted by atomic mass is 19.1. The van der Waals surface area contributed by atoms with Gasteiger partial charge in [0.05, 0.1) is 5.69 Å². The molecule has 0 spiro atoms. The number of hydrogen-bond acceptors (Lipinski definition) is 3. The average Bonchev–Trinajstić information content (AvgIpc) is 2.31. The van der Waals surface area contributed by atoms with Crippen molar-refractivity contribution in [3.63, 3.8) is 0 Å². The van der Waals surface area contributed by atoms with Gasteiger partial charge in [-0.1, -0.05) is 12.1 Å². The van der Waals surface area contributed by atoms with Crippen LogP contribution in [0.2, 0.25) is 0 Å². The highest BCUT2D eigenvalue weighted by molar-refractivity contribution is 5.76. The molecule has 0 saturated carbocycles. The number of hydrogen-bond donors (Lipinski definition) is 2. The molecule has 5 heteroatoms. The number of halogens is 1. The Hall–Kier alpha value is -1.62. The Labute approximate surface area is 107 Å². The van der Waals surface area contributed by atoms with Crippen molar-refractivity contribution in [2.45, 2.75) is 6.42 Å². The number of benzene rings is 1. The number of amides is 1. The molecular formula is C13H20FN3O. The zero-order chi connectivity index (χ0) is 13.4. The van der Waals surface area contributed by atoms with E-state index in [9.17, 15) is 9.18 Å². The maximum absolute atomic E-state index is 13.2. The van der Waals surface area contributed by atoms with Gasteiger partial charge in [0, 0.05) is 26.1 Å². The second kappa shape index (κ2) is 7.66. The first-order valence-electron chi connectivity index (χ1n) is 5.99. The molecule has 2 N–H and O–H groups in total. The summed E-state index contributed by atoms with van der Waals surface area (Å²) in [6.07, 6.45) is 0.335. The van der Waals surface area contributed by atoms with E-state index in [4.69, 9.17) is 0 Å². The first kappa shape index (κ1) is 14.4. The average molecular weight is 253 g/mol. The van der Waals surface area contributed by atoms with Crippen LogP contribution in [0.5, 0.6) is 0 Å². The molecule has 18 heavy (non-hydrogen) atoms. The van der Waals surface area contributed by atoms with Crippen LogP contribution < -0.4 is 10.6 Å². The van der Waals surface area contributed by atoms with Crippen LogP contribution in [-0.2, 0) is 4.79 Å². The molecule has 0 atom stereocenters. The fourth-order valence-electron chi connectivity index (χ4n) is 1.42. The van der Waals surface area contributed by atoms with Gasteiger partial charge in [-0.25, -0.2) is 4.39 Å². The molecule has 0 aliphatic carbocycles. The molecule has 0 saturated heterocycles. The summed E-state index contributed by atoms with van der Waals surface area (Å²) in [5.41, 5.74) is 0.429. The molecule has 100 valence electrons. The van der Waals surface area contributed by atoms with Gasteiger partial charge in [0.2, 0.25) is 5.91 Å². The lowest BCUT2D eigenvalue weighted by Gasteiger charge is -2.11. The van der Waals surface area contributed by atoms with Crippen molar-refractivity contribution in [2.75, 3.05) is 39.0 Å². The fourth-order valence-corrected chi connectivity index (χ4v) is 1.42. The molecular weight excluding hydrogens is 233 g/mol. The molecule has 0 aliphatic heterocycles. The summed E-state index contributed by atoms with van der Waals surface area (Å²) in [6.45, 7) is 1.87. The van der Waals surface area contributed by atoms with Crippen molar-refractivity contribution in [1.82, 2.24) is 10.2 Å². The minimum atomic E-state index is -0.300. The van der Waals surface area contributed by atoms with Crippen molar-refractivity contribution in [2.24, 2.45) is 0 Å². The summed E-state index contributed by atoms with van der Waals surface area (Å²) < 4.78 is 13.2. The fraction of sp³-hybridized carbons (Fsp3) is 0.462. The van der Waals surface area contributed by atoms with Gasteiger partial charge in [-0.15, -0.1) is 0 Å². The van der Waals surface area contributed by atoms with E-state index >= 15 is 0 Å². The Kier molecular flexibility index (Phi) is 6.14. The van der Waals surface area contributed by atoms with Crippen LogP contribution in [0.15, 0.2) is 24.3 Å². The Bertz CT molecular complexity index is 382. The van der Waals surface area contributed by atoms with E-state index in [-0.39, 0.29) is 11.7 Å². The molecule has 0 radical (unpaired) electrons. The maximum atomic E-state index is 13.2.